The monoisotopic (exact) mass is 478 g/mol. The Balaban J connectivity index is 1.40. The van der Waals surface area contributed by atoms with Crippen LogP contribution in [0.3, 0.4) is 0 Å². The van der Waals surface area contributed by atoms with E-state index in [1.165, 1.54) is 52.0 Å². The average molecular weight is 478 g/mol. The molecule has 1 aliphatic rings. The fourth-order valence-electron chi connectivity index (χ4n) is 3.70. The summed E-state index contributed by atoms with van der Waals surface area (Å²) in [5.41, 5.74) is 1.60. The molecular formula is C25H23FN4O5. The van der Waals surface area contributed by atoms with Crippen LogP contribution in [0.4, 0.5) is 10.2 Å². The first kappa shape index (κ1) is 23.8. The number of benzene rings is 2. The molecule has 0 spiro atoms. The van der Waals surface area contributed by atoms with Crippen LogP contribution in [0.2, 0.25) is 0 Å². The Morgan fingerprint density at radius 1 is 1.03 bits per heavy atom. The lowest BCUT2D eigenvalue weighted by molar-refractivity contribution is -0.119. The van der Waals surface area contributed by atoms with E-state index in [9.17, 15) is 23.6 Å². The maximum absolute atomic E-state index is 13.2. The van der Waals surface area contributed by atoms with Crippen molar-refractivity contribution in [2.24, 2.45) is 0 Å². The molecule has 3 amide bonds. The second-order valence-electron chi connectivity index (χ2n) is 8.06. The van der Waals surface area contributed by atoms with Gasteiger partial charge in [-0.1, -0.05) is 13.3 Å². The van der Waals surface area contributed by atoms with Gasteiger partial charge in [-0.25, -0.2) is 13.9 Å². The van der Waals surface area contributed by atoms with Crippen LogP contribution in [0.15, 0.2) is 48.5 Å². The molecule has 35 heavy (non-hydrogen) atoms. The third-order valence-corrected chi connectivity index (χ3v) is 5.45. The predicted octanol–water partition coefficient (Wildman–Crippen LogP) is 3.51. The lowest BCUT2D eigenvalue weighted by Gasteiger charge is -2.12. The quantitative estimate of drug-likeness (QED) is 0.392. The number of anilines is 1. The molecule has 1 aromatic heterocycles. The minimum atomic E-state index is -0.807. The number of unbranched alkanes of at least 4 members (excludes halogenated alkanes) is 1. The van der Waals surface area contributed by atoms with E-state index in [0.29, 0.717) is 30.2 Å². The second kappa shape index (κ2) is 9.88. The van der Waals surface area contributed by atoms with Gasteiger partial charge in [-0.2, -0.15) is 5.10 Å². The molecule has 0 saturated heterocycles. The van der Waals surface area contributed by atoms with Crippen LogP contribution in [-0.4, -0.2) is 51.5 Å². The third-order valence-electron chi connectivity index (χ3n) is 5.45. The summed E-state index contributed by atoms with van der Waals surface area (Å²) >= 11 is 0. The maximum atomic E-state index is 13.2. The number of carbonyl (C=O) groups excluding carboxylic acids is 4. The summed E-state index contributed by atoms with van der Waals surface area (Å²) in [6, 6.07) is 11.3. The van der Waals surface area contributed by atoms with Crippen molar-refractivity contribution in [3.63, 3.8) is 0 Å². The van der Waals surface area contributed by atoms with E-state index in [1.807, 2.05) is 6.92 Å². The smallest absolute Gasteiger partial charge is 0.338 e. The summed E-state index contributed by atoms with van der Waals surface area (Å²) < 4.78 is 19.8. The SMILES string of the molecule is CCCCN1C(=O)c2ccc(C(=O)OCC(=O)Nc3cc(C)nn3-c3ccc(F)cc3)cc2C1=O. The van der Waals surface area contributed by atoms with E-state index < -0.39 is 30.2 Å². The van der Waals surface area contributed by atoms with Gasteiger partial charge in [0.25, 0.3) is 17.7 Å². The van der Waals surface area contributed by atoms with E-state index in [4.69, 9.17) is 4.74 Å². The summed E-state index contributed by atoms with van der Waals surface area (Å²) in [7, 11) is 0. The number of nitrogens with zero attached hydrogens (tertiary/aromatic N) is 3. The normalized spacial score (nSPS) is 12.6. The lowest BCUT2D eigenvalue weighted by atomic mass is 10.1. The molecule has 4 rings (SSSR count). The molecule has 10 heteroatoms. The molecule has 0 radical (unpaired) electrons. The van der Waals surface area contributed by atoms with Gasteiger partial charge < -0.3 is 10.1 Å². The fourth-order valence-corrected chi connectivity index (χ4v) is 3.70. The Bertz CT molecular complexity index is 1320. The molecule has 0 unspecified atom stereocenters. The van der Waals surface area contributed by atoms with Crippen molar-refractivity contribution in [1.29, 1.82) is 0 Å². The highest BCUT2D eigenvalue weighted by Gasteiger charge is 2.35. The largest absolute Gasteiger partial charge is 0.452 e. The molecule has 0 saturated carbocycles. The fraction of sp³-hybridized carbons (Fsp3) is 0.240. The first-order chi connectivity index (χ1) is 16.8. The molecule has 1 aliphatic heterocycles. The van der Waals surface area contributed by atoms with Gasteiger partial charge in [-0.05, 0) is 55.8 Å². The molecular weight excluding hydrogens is 455 g/mol. The standard InChI is InChI=1S/C25H23FN4O5/c1-3-4-11-29-23(32)19-10-5-16(13-20(19)24(29)33)25(34)35-14-22(31)27-21-12-15(2)28-30(21)18-8-6-17(26)7-9-18/h5-10,12-13H,3-4,11,14H2,1-2H3,(H,27,31). The van der Waals surface area contributed by atoms with Crippen LogP contribution >= 0.6 is 0 Å². The van der Waals surface area contributed by atoms with Crippen molar-refractivity contribution >= 4 is 29.5 Å². The lowest BCUT2D eigenvalue weighted by Crippen LogP contribution is -2.30. The molecule has 180 valence electrons. The number of halogens is 1. The zero-order valence-electron chi connectivity index (χ0n) is 19.2. The van der Waals surface area contributed by atoms with Crippen molar-refractivity contribution in [2.75, 3.05) is 18.5 Å². The number of ether oxygens (including phenoxy) is 1. The minimum Gasteiger partial charge on any atom is -0.452 e. The van der Waals surface area contributed by atoms with Crippen molar-refractivity contribution in [2.45, 2.75) is 26.7 Å². The van der Waals surface area contributed by atoms with E-state index >= 15 is 0 Å². The zero-order valence-corrected chi connectivity index (χ0v) is 19.2. The molecule has 9 nitrogen and oxygen atoms in total. The molecule has 2 heterocycles. The first-order valence-corrected chi connectivity index (χ1v) is 11.1. The van der Waals surface area contributed by atoms with Crippen LogP contribution in [0, 0.1) is 12.7 Å². The van der Waals surface area contributed by atoms with Crippen LogP contribution in [0.5, 0.6) is 0 Å². The van der Waals surface area contributed by atoms with Gasteiger partial charge in [0.2, 0.25) is 0 Å². The maximum Gasteiger partial charge on any atom is 0.338 e. The first-order valence-electron chi connectivity index (χ1n) is 11.1. The van der Waals surface area contributed by atoms with Crippen molar-refractivity contribution < 1.29 is 28.3 Å². The number of hydrogen-bond donors (Lipinski definition) is 1. The Morgan fingerprint density at radius 2 is 1.74 bits per heavy atom. The van der Waals surface area contributed by atoms with Gasteiger partial charge in [-0.15, -0.1) is 0 Å². The molecule has 0 aliphatic carbocycles. The number of imide groups is 1. The number of aryl methyl sites for hydroxylation is 1. The van der Waals surface area contributed by atoms with E-state index in [1.54, 1.807) is 13.0 Å². The number of carbonyl (C=O) groups is 4. The van der Waals surface area contributed by atoms with Crippen LogP contribution in [0.25, 0.3) is 5.69 Å². The van der Waals surface area contributed by atoms with Gasteiger partial charge in [0.1, 0.15) is 11.6 Å². The van der Waals surface area contributed by atoms with Gasteiger partial charge in [-0.3, -0.25) is 19.3 Å². The number of rotatable bonds is 8. The van der Waals surface area contributed by atoms with Crippen LogP contribution < -0.4 is 5.32 Å². The van der Waals surface area contributed by atoms with Gasteiger partial charge >= 0.3 is 5.97 Å². The van der Waals surface area contributed by atoms with E-state index in [0.717, 1.165) is 6.42 Å². The Morgan fingerprint density at radius 3 is 2.46 bits per heavy atom. The van der Waals surface area contributed by atoms with Gasteiger partial charge in [0, 0.05) is 12.6 Å². The summed E-state index contributed by atoms with van der Waals surface area (Å²) in [5, 5.41) is 6.90. The van der Waals surface area contributed by atoms with Crippen molar-refractivity contribution in [3.8, 4) is 5.69 Å². The topological polar surface area (TPSA) is 111 Å². The Labute approximate surface area is 200 Å². The average Bonchev–Trinajstić information content (AvgIpc) is 3.32. The number of aromatic nitrogens is 2. The van der Waals surface area contributed by atoms with Crippen LogP contribution in [0.1, 0.15) is 56.5 Å². The number of hydrogen-bond acceptors (Lipinski definition) is 6. The van der Waals surface area contributed by atoms with Crippen LogP contribution in [-0.2, 0) is 9.53 Å². The van der Waals surface area contributed by atoms with Crippen molar-refractivity contribution in [1.82, 2.24) is 14.7 Å². The second-order valence-corrected chi connectivity index (χ2v) is 8.06. The van der Waals surface area contributed by atoms with Crippen molar-refractivity contribution in [3.05, 3.63) is 76.7 Å². The van der Waals surface area contributed by atoms with Gasteiger partial charge in [0.15, 0.2) is 6.61 Å². The molecule has 1 N–H and O–H groups in total. The Kier molecular flexibility index (Phi) is 6.72. The molecule has 0 atom stereocenters. The summed E-state index contributed by atoms with van der Waals surface area (Å²) in [6.07, 6.45) is 1.52. The van der Waals surface area contributed by atoms with Gasteiger partial charge in [0.05, 0.1) is 28.1 Å². The van der Waals surface area contributed by atoms with E-state index in [-0.39, 0.29) is 22.6 Å². The molecule has 0 bridgehead atoms. The number of fused-ring (bicyclic) bond motifs is 1. The highest BCUT2D eigenvalue weighted by atomic mass is 19.1. The molecule has 3 aromatic rings. The summed E-state index contributed by atoms with van der Waals surface area (Å²) in [5.74, 6) is -2.33. The third kappa shape index (κ3) is 4.96. The molecule has 0 fully saturated rings. The summed E-state index contributed by atoms with van der Waals surface area (Å²) in [4.78, 5) is 51.1. The number of amides is 3. The molecule has 2 aromatic carbocycles. The minimum absolute atomic E-state index is 0.0576. The Hall–Kier alpha value is -4.34. The highest BCUT2D eigenvalue weighted by Crippen LogP contribution is 2.25. The highest BCUT2D eigenvalue weighted by molar-refractivity contribution is 6.22. The number of esters is 1. The summed E-state index contributed by atoms with van der Waals surface area (Å²) in [6.45, 7) is 3.43. The predicted molar refractivity (Wildman–Crippen MR) is 124 cm³/mol. The zero-order chi connectivity index (χ0) is 25.1. The van der Waals surface area contributed by atoms with E-state index in [2.05, 4.69) is 10.4 Å². The number of nitrogens with one attached hydrogen (secondary N) is 1.